The van der Waals surface area contributed by atoms with Gasteiger partial charge in [0.1, 0.15) is 17.2 Å². The van der Waals surface area contributed by atoms with Crippen molar-refractivity contribution in [3.63, 3.8) is 0 Å². The molecule has 37 heavy (non-hydrogen) atoms. The number of fused-ring (bicyclic) bond motifs is 1. The predicted octanol–water partition coefficient (Wildman–Crippen LogP) is 5.69. The van der Waals surface area contributed by atoms with Gasteiger partial charge in [-0.2, -0.15) is 13.2 Å². The van der Waals surface area contributed by atoms with Gasteiger partial charge in [-0.15, -0.1) is 0 Å². The molecule has 2 fully saturated rings. The highest BCUT2D eigenvalue weighted by atomic mass is 19.4. The Morgan fingerprint density at radius 2 is 1.73 bits per heavy atom. The number of carbonyl (C=O) groups excluding carboxylic acids is 1. The molecule has 0 bridgehead atoms. The van der Waals surface area contributed by atoms with Crippen LogP contribution >= 0.6 is 0 Å². The van der Waals surface area contributed by atoms with E-state index >= 15 is 0 Å². The molecule has 3 heterocycles. The van der Waals surface area contributed by atoms with E-state index in [4.69, 9.17) is 4.74 Å². The van der Waals surface area contributed by atoms with Gasteiger partial charge in [0.25, 0.3) is 5.91 Å². The summed E-state index contributed by atoms with van der Waals surface area (Å²) in [7, 11) is 0. The molecule has 3 aliphatic heterocycles. The van der Waals surface area contributed by atoms with Gasteiger partial charge in [-0.3, -0.25) is 9.69 Å². The van der Waals surface area contributed by atoms with Crippen molar-refractivity contribution in [2.75, 3.05) is 26.2 Å². The number of likely N-dealkylation sites (tertiary alicyclic amines) is 1. The smallest absolute Gasteiger partial charge is 0.364 e. The quantitative estimate of drug-likeness (QED) is 0.486. The molecule has 2 atom stereocenters. The topological polar surface area (TPSA) is 32.8 Å². The summed E-state index contributed by atoms with van der Waals surface area (Å²) in [5, 5.41) is 0. The molecule has 200 valence electrons. The molecule has 3 aliphatic rings. The largest absolute Gasteiger partial charge is 0.416 e. The molecule has 5 rings (SSSR count). The zero-order valence-corrected chi connectivity index (χ0v) is 20.8. The standard InChI is InChI=1S/C28H31F5N2O2/c1-27(26(36)35-13-9-24-20(16-35)14-21(15-25(24)30)28(31,32)33)10-6-23(17-37-27)34-11-7-19(8-12-34)18-2-4-22(29)5-3-18/h2-5,14-15,19,23H,6-13,16-17H2,1H3/t23-,27-/m1/s1. The van der Waals surface area contributed by atoms with Crippen molar-refractivity contribution < 1.29 is 31.5 Å². The van der Waals surface area contributed by atoms with Crippen LogP contribution in [0.4, 0.5) is 22.0 Å². The summed E-state index contributed by atoms with van der Waals surface area (Å²) >= 11 is 0. The summed E-state index contributed by atoms with van der Waals surface area (Å²) in [4.78, 5) is 17.3. The molecular formula is C28H31F5N2O2. The highest BCUT2D eigenvalue weighted by Gasteiger charge is 2.44. The van der Waals surface area contributed by atoms with E-state index in [9.17, 15) is 26.7 Å². The van der Waals surface area contributed by atoms with Crippen LogP contribution in [0.1, 0.15) is 60.8 Å². The average molecular weight is 523 g/mol. The van der Waals surface area contributed by atoms with Crippen molar-refractivity contribution in [3.05, 3.63) is 70.3 Å². The lowest BCUT2D eigenvalue weighted by molar-refractivity contribution is -0.168. The minimum absolute atomic E-state index is 0.0612. The van der Waals surface area contributed by atoms with Gasteiger partial charge in [-0.1, -0.05) is 12.1 Å². The molecule has 0 saturated carbocycles. The van der Waals surface area contributed by atoms with Crippen LogP contribution in [-0.2, 0) is 28.7 Å². The van der Waals surface area contributed by atoms with Crippen LogP contribution in [0.15, 0.2) is 36.4 Å². The van der Waals surface area contributed by atoms with Crippen molar-refractivity contribution in [2.24, 2.45) is 0 Å². The molecule has 2 aromatic rings. The van der Waals surface area contributed by atoms with Gasteiger partial charge in [0.2, 0.25) is 0 Å². The Hall–Kier alpha value is -2.52. The highest BCUT2D eigenvalue weighted by Crippen LogP contribution is 2.36. The molecule has 0 aliphatic carbocycles. The number of carbonyl (C=O) groups is 1. The zero-order valence-electron chi connectivity index (χ0n) is 20.8. The van der Waals surface area contributed by atoms with Gasteiger partial charge in [-0.05, 0) is 99.0 Å². The third kappa shape index (κ3) is 5.39. The molecule has 0 unspecified atom stereocenters. The zero-order chi connectivity index (χ0) is 26.4. The second kappa shape index (κ2) is 9.98. The Bertz CT molecular complexity index is 1130. The van der Waals surface area contributed by atoms with E-state index < -0.39 is 23.2 Å². The Morgan fingerprint density at radius 3 is 2.35 bits per heavy atom. The van der Waals surface area contributed by atoms with Crippen LogP contribution < -0.4 is 0 Å². The summed E-state index contributed by atoms with van der Waals surface area (Å²) in [5.74, 6) is -0.962. The minimum Gasteiger partial charge on any atom is -0.364 e. The van der Waals surface area contributed by atoms with Gasteiger partial charge in [0, 0.05) is 19.1 Å². The van der Waals surface area contributed by atoms with E-state index in [0.717, 1.165) is 44.0 Å². The van der Waals surface area contributed by atoms with Gasteiger partial charge in [0.15, 0.2) is 0 Å². The number of amides is 1. The fourth-order valence-electron chi connectivity index (χ4n) is 5.98. The molecule has 2 aromatic carbocycles. The summed E-state index contributed by atoms with van der Waals surface area (Å²) in [6.07, 6.45) is -1.24. The molecule has 0 N–H and O–H groups in total. The number of piperidine rings is 1. The third-order valence-corrected chi connectivity index (χ3v) is 8.28. The summed E-state index contributed by atoms with van der Waals surface area (Å²) in [5.41, 5.74) is -0.488. The first-order valence-corrected chi connectivity index (χ1v) is 12.8. The van der Waals surface area contributed by atoms with Crippen molar-refractivity contribution in [3.8, 4) is 0 Å². The molecule has 1 amide bonds. The normalized spacial score (nSPS) is 25.7. The number of alkyl halides is 3. The number of benzene rings is 2. The Labute approximate surface area is 213 Å². The Kier molecular flexibility index (Phi) is 7.04. The summed E-state index contributed by atoms with van der Waals surface area (Å²) < 4.78 is 73.2. The van der Waals surface area contributed by atoms with E-state index in [-0.39, 0.29) is 48.4 Å². The fraction of sp³-hybridized carbons (Fsp3) is 0.536. The monoisotopic (exact) mass is 522 g/mol. The average Bonchev–Trinajstić information content (AvgIpc) is 2.88. The molecule has 0 radical (unpaired) electrons. The SMILES string of the molecule is C[C@]1(C(=O)N2CCc3c(F)cc(C(F)(F)F)cc3C2)CC[C@@H](N2CCC(c3ccc(F)cc3)CC2)CO1. The van der Waals surface area contributed by atoms with Crippen LogP contribution in [0.2, 0.25) is 0 Å². The van der Waals surface area contributed by atoms with Crippen LogP contribution in [-0.4, -0.2) is 53.6 Å². The number of nitrogens with zero attached hydrogens (tertiary/aromatic N) is 2. The second-order valence-electron chi connectivity index (χ2n) is 10.7. The van der Waals surface area contributed by atoms with E-state index in [1.165, 1.54) is 17.0 Å². The van der Waals surface area contributed by atoms with Gasteiger partial charge in [-0.25, -0.2) is 8.78 Å². The van der Waals surface area contributed by atoms with Crippen molar-refractivity contribution in [2.45, 2.75) is 69.3 Å². The first-order chi connectivity index (χ1) is 17.5. The van der Waals surface area contributed by atoms with Crippen LogP contribution in [0.5, 0.6) is 0 Å². The highest BCUT2D eigenvalue weighted by molar-refractivity contribution is 5.85. The number of rotatable bonds is 3. The molecule has 4 nitrogen and oxygen atoms in total. The maximum atomic E-state index is 14.3. The van der Waals surface area contributed by atoms with Crippen LogP contribution in [0, 0.1) is 11.6 Å². The maximum absolute atomic E-state index is 14.3. The molecule has 0 aromatic heterocycles. The lowest BCUT2D eigenvalue weighted by Gasteiger charge is -2.45. The number of hydrogen-bond acceptors (Lipinski definition) is 3. The molecular weight excluding hydrogens is 491 g/mol. The summed E-state index contributed by atoms with van der Waals surface area (Å²) in [6.45, 7) is 4.13. The maximum Gasteiger partial charge on any atom is 0.416 e. The third-order valence-electron chi connectivity index (χ3n) is 8.28. The fourth-order valence-corrected chi connectivity index (χ4v) is 5.98. The van der Waals surface area contributed by atoms with Crippen molar-refractivity contribution in [1.29, 1.82) is 0 Å². The van der Waals surface area contributed by atoms with Crippen LogP contribution in [0.3, 0.4) is 0 Å². The van der Waals surface area contributed by atoms with E-state index in [1.807, 2.05) is 12.1 Å². The van der Waals surface area contributed by atoms with E-state index in [1.54, 1.807) is 6.92 Å². The lowest BCUT2D eigenvalue weighted by Crippen LogP contribution is -2.56. The van der Waals surface area contributed by atoms with Crippen molar-refractivity contribution >= 4 is 5.91 Å². The van der Waals surface area contributed by atoms with Crippen LogP contribution in [0.25, 0.3) is 0 Å². The lowest BCUT2D eigenvalue weighted by atomic mass is 9.86. The number of halogens is 5. The van der Waals surface area contributed by atoms with Gasteiger partial charge in [0.05, 0.1) is 12.2 Å². The number of ether oxygens (including phenoxy) is 1. The Morgan fingerprint density at radius 1 is 1.03 bits per heavy atom. The Balaban J connectivity index is 1.17. The second-order valence-corrected chi connectivity index (χ2v) is 10.7. The molecule has 9 heteroatoms. The summed E-state index contributed by atoms with van der Waals surface area (Å²) in [6, 6.07) is 8.39. The first kappa shape index (κ1) is 26.1. The predicted molar refractivity (Wildman–Crippen MR) is 128 cm³/mol. The van der Waals surface area contributed by atoms with Gasteiger partial charge < -0.3 is 9.64 Å². The molecule has 0 spiro atoms. The molecule has 2 saturated heterocycles. The van der Waals surface area contributed by atoms with E-state index in [2.05, 4.69) is 4.90 Å². The number of hydrogen-bond donors (Lipinski definition) is 0. The first-order valence-electron chi connectivity index (χ1n) is 12.8. The van der Waals surface area contributed by atoms with E-state index in [0.29, 0.717) is 25.0 Å². The minimum atomic E-state index is -4.65. The van der Waals surface area contributed by atoms with Gasteiger partial charge >= 0.3 is 6.18 Å². The van der Waals surface area contributed by atoms with Crippen molar-refractivity contribution in [1.82, 2.24) is 9.80 Å².